The summed E-state index contributed by atoms with van der Waals surface area (Å²) in [7, 11) is 1.62. The van der Waals surface area contributed by atoms with Gasteiger partial charge in [0.2, 0.25) is 0 Å². The summed E-state index contributed by atoms with van der Waals surface area (Å²) >= 11 is 0. The second kappa shape index (κ2) is 7.91. The molecule has 2 aromatic carbocycles. The number of urea groups is 1. The second-order valence-electron chi connectivity index (χ2n) is 6.11. The van der Waals surface area contributed by atoms with E-state index in [-0.39, 0.29) is 18.0 Å². The molecule has 0 saturated carbocycles. The predicted molar refractivity (Wildman–Crippen MR) is 101 cm³/mol. The number of amides is 3. The van der Waals surface area contributed by atoms with Crippen molar-refractivity contribution in [2.45, 2.75) is 19.4 Å². The second-order valence-corrected chi connectivity index (χ2v) is 6.11. The van der Waals surface area contributed by atoms with Crippen molar-refractivity contribution in [3.63, 3.8) is 0 Å². The van der Waals surface area contributed by atoms with E-state index in [2.05, 4.69) is 10.6 Å². The summed E-state index contributed by atoms with van der Waals surface area (Å²) in [6.45, 7) is 3.23. The Balaban J connectivity index is 1.79. The number of hydrogen-bond acceptors (Lipinski definition) is 3. The number of benzene rings is 2. The molecule has 1 aliphatic rings. The molecule has 3 rings (SSSR count). The van der Waals surface area contributed by atoms with Crippen LogP contribution in [0.15, 0.2) is 48.5 Å². The van der Waals surface area contributed by atoms with Crippen LogP contribution in [0.1, 0.15) is 35.3 Å². The Morgan fingerprint density at radius 2 is 2.08 bits per heavy atom. The Bertz CT molecular complexity index is 806. The standard InChI is InChI=1S/C20H23N3O3/c1-3-17(16-9-4-5-10-18(16)26-2)22-19(24)14-7-6-8-15(13-14)23-12-11-21-20(23)25/h4-10,13,17H,3,11-12H2,1-2H3,(H,21,25)(H,22,24)/t17-/m0/s1. The minimum atomic E-state index is -0.177. The van der Waals surface area contributed by atoms with Crippen LogP contribution in [0.25, 0.3) is 0 Å². The van der Waals surface area contributed by atoms with Crippen LogP contribution in [0.3, 0.4) is 0 Å². The van der Waals surface area contributed by atoms with Crippen LogP contribution in [-0.4, -0.2) is 32.1 Å². The van der Waals surface area contributed by atoms with Crippen molar-refractivity contribution in [3.05, 3.63) is 59.7 Å². The first-order valence-corrected chi connectivity index (χ1v) is 8.73. The molecule has 0 aliphatic carbocycles. The molecule has 0 radical (unpaired) electrons. The minimum Gasteiger partial charge on any atom is -0.496 e. The van der Waals surface area contributed by atoms with Crippen LogP contribution in [0.5, 0.6) is 5.75 Å². The lowest BCUT2D eigenvalue weighted by Gasteiger charge is -2.20. The van der Waals surface area contributed by atoms with E-state index in [1.54, 1.807) is 30.2 Å². The van der Waals surface area contributed by atoms with Gasteiger partial charge in [-0.05, 0) is 30.7 Å². The lowest BCUT2D eigenvalue weighted by atomic mass is 10.0. The topological polar surface area (TPSA) is 70.7 Å². The predicted octanol–water partition coefficient (Wildman–Crippen LogP) is 3.11. The Labute approximate surface area is 153 Å². The van der Waals surface area contributed by atoms with E-state index in [1.165, 1.54) is 0 Å². The van der Waals surface area contributed by atoms with Gasteiger partial charge < -0.3 is 15.4 Å². The summed E-state index contributed by atoms with van der Waals surface area (Å²) in [5, 5.41) is 5.83. The van der Waals surface area contributed by atoms with E-state index < -0.39 is 0 Å². The van der Waals surface area contributed by atoms with Crippen molar-refractivity contribution in [3.8, 4) is 5.75 Å². The number of nitrogens with zero attached hydrogens (tertiary/aromatic N) is 1. The first-order valence-electron chi connectivity index (χ1n) is 8.73. The number of rotatable bonds is 6. The summed E-state index contributed by atoms with van der Waals surface area (Å²) < 4.78 is 5.41. The van der Waals surface area contributed by atoms with Gasteiger partial charge >= 0.3 is 6.03 Å². The number of anilines is 1. The van der Waals surface area contributed by atoms with Crippen LogP contribution in [0.4, 0.5) is 10.5 Å². The molecule has 136 valence electrons. The van der Waals surface area contributed by atoms with E-state index >= 15 is 0 Å². The summed E-state index contributed by atoms with van der Waals surface area (Å²) in [5.41, 5.74) is 2.19. The van der Waals surface area contributed by atoms with E-state index in [9.17, 15) is 9.59 Å². The maximum atomic E-state index is 12.8. The highest BCUT2D eigenvalue weighted by Gasteiger charge is 2.22. The molecule has 0 spiro atoms. The molecule has 1 heterocycles. The third kappa shape index (κ3) is 3.64. The number of para-hydroxylation sites is 1. The molecule has 2 aromatic rings. The highest BCUT2D eigenvalue weighted by Crippen LogP contribution is 2.27. The van der Waals surface area contributed by atoms with Gasteiger partial charge in [-0.2, -0.15) is 0 Å². The average molecular weight is 353 g/mol. The van der Waals surface area contributed by atoms with Crippen LogP contribution in [0, 0.1) is 0 Å². The molecular weight excluding hydrogens is 330 g/mol. The fourth-order valence-electron chi connectivity index (χ4n) is 3.13. The van der Waals surface area contributed by atoms with E-state index in [1.807, 2.05) is 37.3 Å². The van der Waals surface area contributed by atoms with Crippen LogP contribution in [0.2, 0.25) is 0 Å². The highest BCUT2D eigenvalue weighted by atomic mass is 16.5. The maximum absolute atomic E-state index is 12.8. The van der Waals surface area contributed by atoms with Crippen molar-refractivity contribution < 1.29 is 14.3 Å². The summed E-state index contributed by atoms with van der Waals surface area (Å²) in [6, 6.07) is 14.5. The number of hydrogen-bond donors (Lipinski definition) is 2. The van der Waals surface area contributed by atoms with Gasteiger partial charge in [0.05, 0.1) is 13.2 Å². The number of carbonyl (C=O) groups is 2. The fraction of sp³-hybridized carbons (Fsp3) is 0.300. The van der Waals surface area contributed by atoms with Crippen molar-refractivity contribution in [1.82, 2.24) is 10.6 Å². The van der Waals surface area contributed by atoms with Gasteiger partial charge in [-0.3, -0.25) is 9.69 Å². The van der Waals surface area contributed by atoms with Gasteiger partial charge in [-0.15, -0.1) is 0 Å². The van der Waals surface area contributed by atoms with Gasteiger partial charge in [0.15, 0.2) is 0 Å². The molecule has 1 saturated heterocycles. The number of nitrogens with one attached hydrogen (secondary N) is 2. The smallest absolute Gasteiger partial charge is 0.321 e. The van der Waals surface area contributed by atoms with Gasteiger partial charge in [-0.1, -0.05) is 31.2 Å². The zero-order valence-corrected chi connectivity index (χ0v) is 15.0. The van der Waals surface area contributed by atoms with Crippen molar-refractivity contribution in [1.29, 1.82) is 0 Å². The monoisotopic (exact) mass is 353 g/mol. The molecule has 3 amide bonds. The third-order valence-electron chi connectivity index (χ3n) is 4.50. The summed E-state index contributed by atoms with van der Waals surface area (Å²) in [4.78, 5) is 26.2. The Morgan fingerprint density at radius 1 is 1.27 bits per heavy atom. The molecule has 1 atom stereocenters. The molecule has 0 unspecified atom stereocenters. The summed E-state index contributed by atoms with van der Waals surface area (Å²) in [5.74, 6) is 0.575. The zero-order valence-electron chi connectivity index (χ0n) is 15.0. The lowest BCUT2D eigenvalue weighted by molar-refractivity contribution is 0.0935. The Kier molecular flexibility index (Phi) is 5.41. The fourth-order valence-corrected chi connectivity index (χ4v) is 3.13. The van der Waals surface area contributed by atoms with E-state index in [4.69, 9.17) is 4.74 Å². The van der Waals surface area contributed by atoms with Crippen LogP contribution in [-0.2, 0) is 0 Å². The number of methoxy groups -OCH3 is 1. The highest BCUT2D eigenvalue weighted by molar-refractivity contribution is 5.98. The SMILES string of the molecule is CC[C@H](NC(=O)c1cccc(N2CCNC2=O)c1)c1ccccc1OC. The minimum absolute atomic E-state index is 0.136. The molecule has 6 nitrogen and oxygen atoms in total. The largest absolute Gasteiger partial charge is 0.496 e. The Hall–Kier alpha value is -3.02. The molecule has 1 fully saturated rings. The first kappa shape index (κ1) is 17.8. The van der Waals surface area contributed by atoms with Crippen LogP contribution < -0.4 is 20.3 Å². The van der Waals surface area contributed by atoms with E-state index in [0.29, 0.717) is 18.7 Å². The van der Waals surface area contributed by atoms with Crippen LogP contribution >= 0.6 is 0 Å². The molecule has 6 heteroatoms. The van der Waals surface area contributed by atoms with Gasteiger partial charge in [0.1, 0.15) is 5.75 Å². The average Bonchev–Trinajstić information content (AvgIpc) is 3.12. The lowest BCUT2D eigenvalue weighted by Crippen LogP contribution is -2.30. The molecule has 2 N–H and O–H groups in total. The van der Waals surface area contributed by atoms with E-state index in [0.717, 1.165) is 23.4 Å². The first-order chi connectivity index (χ1) is 12.6. The molecule has 26 heavy (non-hydrogen) atoms. The third-order valence-corrected chi connectivity index (χ3v) is 4.50. The van der Waals surface area contributed by atoms with Crippen molar-refractivity contribution in [2.24, 2.45) is 0 Å². The molecule has 1 aliphatic heterocycles. The van der Waals surface area contributed by atoms with Crippen molar-refractivity contribution >= 4 is 17.6 Å². The Morgan fingerprint density at radius 3 is 2.77 bits per heavy atom. The summed E-state index contributed by atoms with van der Waals surface area (Å²) in [6.07, 6.45) is 0.736. The van der Waals surface area contributed by atoms with Gasteiger partial charge in [0, 0.05) is 29.9 Å². The quantitative estimate of drug-likeness (QED) is 0.838. The number of carbonyl (C=O) groups excluding carboxylic acids is 2. The van der Waals surface area contributed by atoms with Gasteiger partial charge in [-0.25, -0.2) is 4.79 Å². The normalized spacial score (nSPS) is 14.7. The molecule has 0 aromatic heterocycles. The zero-order chi connectivity index (χ0) is 18.5. The number of ether oxygens (including phenoxy) is 1. The molecular formula is C20H23N3O3. The van der Waals surface area contributed by atoms with Gasteiger partial charge in [0.25, 0.3) is 5.91 Å². The maximum Gasteiger partial charge on any atom is 0.321 e. The van der Waals surface area contributed by atoms with Crippen molar-refractivity contribution in [2.75, 3.05) is 25.1 Å². The molecule has 0 bridgehead atoms.